The summed E-state index contributed by atoms with van der Waals surface area (Å²) in [5, 5.41) is 23.6. The summed E-state index contributed by atoms with van der Waals surface area (Å²) in [5.74, 6) is 3.48. The largest absolute Gasteiger partial charge is 0.481 e. The maximum atomic E-state index is 11.2. The van der Waals surface area contributed by atoms with E-state index in [-0.39, 0.29) is 6.10 Å². The van der Waals surface area contributed by atoms with E-state index in [2.05, 4.69) is 39.9 Å². The highest BCUT2D eigenvalue weighted by molar-refractivity contribution is 5.66. The van der Waals surface area contributed by atoms with E-state index < -0.39 is 5.97 Å². The summed E-state index contributed by atoms with van der Waals surface area (Å²) in [4.78, 5) is 11.2. The number of nitrogens with one attached hydrogen (secondary N) is 1. The number of rotatable bonds is 6. The molecular formula is C27H47NO3. The van der Waals surface area contributed by atoms with Gasteiger partial charge in [-0.15, -0.1) is 0 Å². The normalized spacial score (nSPS) is 48.0. The smallest absolute Gasteiger partial charge is 0.303 e. The molecule has 31 heavy (non-hydrogen) atoms. The van der Waals surface area contributed by atoms with Crippen LogP contribution in [0.3, 0.4) is 0 Å². The van der Waals surface area contributed by atoms with Crippen molar-refractivity contribution in [2.75, 3.05) is 0 Å². The van der Waals surface area contributed by atoms with Gasteiger partial charge in [0.1, 0.15) is 0 Å². The van der Waals surface area contributed by atoms with E-state index in [1.54, 1.807) is 0 Å². The lowest BCUT2D eigenvalue weighted by atomic mass is 9.43. The second kappa shape index (κ2) is 8.63. The van der Waals surface area contributed by atoms with Crippen LogP contribution in [0.1, 0.15) is 98.8 Å². The monoisotopic (exact) mass is 433 g/mol. The molecule has 0 spiro atoms. The third kappa shape index (κ3) is 4.09. The summed E-state index contributed by atoms with van der Waals surface area (Å²) in [6.45, 7) is 12.0. The molecule has 0 aromatic rings. The van der Waals surface area contributed by atoms with Gasteiger partial charge in [-0.1, -0.05) is 34.6 Å². The van der Waals surface area contributed by atoms with E-state index in [1.165, 1.54) is 38.5 Å². The predicted octanol–water partition coefficient (Wildman–Crippen LogP) is 5.48. The molecule has 0 heterocycles. The molecule has 0 aromatic heterocycles. The highest BCUT2D eigenvalue weighted by atomic mass is 16.4. The molecular weight excluding hydrogens is 386 g/mol. The molecule has 4 heteroatoms. The zero-order valence-corrected chi connectivity index (χ0v) is 20.6. The molecule has 0 aromatic carbocycles. The first-order valence-electron chi connectivity index (χ1n) is 13.2. The van der Waals surface area contributed by atoms with Gasteiger partial charge in [0.15, 0.2) is 0 Å². The molecule has 4 rings (SSSR count). The van der Waals surface area contributed by atoms with E-state index in [0.717, 1.165) is 37.0 Å². The first-order valence-corrected chi connectivity index (χ1v) is 13.2. The average Bonchev–Trinajstić information content (AvgIpc) is 3.04. The lowest BCUT2D eigenvalue weighted by Gasteiger charge is -2.63. The molecule has 0 amide bonds. The van der Waals surface area contributed by atoms with E-state index in [9.17, 15) is 15.0 Å². The highest BCUT2D eigenvalue weighted by Gasteiger charge is 2.62. The van der Waals surface area contributed by atoms with Crippen molar-refractivity contribution in [3.8, 4) is 0 Å². The Kier molecular flexibility index (Phi) is 6.55. The Bertz CT molecular complexity index is 665. The summed E-state index contributed by atoms with van der Waals surface area (Å²) in [7, 11) is 0. The Labute approximate surface area is 190 Å². The number of carboxylic acid groups (broad SMARTS) is 1. The van der Waals surface area contributed by atoms with Gasteiger partial charge in [-0.05, 0) is 104 Å². The Balaban J connectivity index is 1.58. The maximum Gasteiger partial charge on any atom is 0.303 e. The number of carboxylic acids is 1. The molecule has 10 atom stereocenters. The van der Waals surface area contributed by atoms with Gasteiger partial charge in [-0.3, -0.25) is 4.79 Å². The van der Waals surface area contributed by atoms with Gasteiger partial charge in [0.2, 0.25) is 0 Å². The van der Waals surface area contributed by atoms with Gasteiger partial charge in [0.05, 0.1) is 6.10 Å². The lowest BCUT2D eigenvalue weighted by Crippen LogP contribution is -2.61. The summed E-state index contributed by atoms with van der Waals surface area (Å²) < 4.78 is 0. The zero-order chi connectivity index (χ0) is 22.6. The minimum absolute atomic E-state index is 0.120. The Morgan fingerprint density at radius 2 is 1.65 bits per heavy atom. The molecule has 0 bridgehead atoms. The molecule has 4 saturated carbocycles. The van der Waals surface area contributed by atoms with Crippen molar-refractivity contribution in [2.24, 2.45) is 46.3 Å². The summed E-state index contributed by atoms with van der Waals surface area (Å²) in [6.07, 6.45) is 10.7. The van der Waals surface area contributed by atoms with Gasteiger partial charge in [0, 0.05) is 18.5 Å². The van der Waals surface area contributed by atoms with E-state index in [0.29, 0.717) is 47.1 Å². The molecule has 0 aliphatic heterocycles. The standard InChI is InChI=1S/C27H47NO3/c1-16(2)28-24-15-19-21-8-7-20(17(3)6-9-25(30)31)26(21,4)13-11-22(19)27(5)12-10-18(29)14-23(24)27/h16-24,28-29H,6-15H2,1-5H3,(H,30,31)/t17-,18?,19+,20-,21+,22+,23+,24?,26-,27-/m1/s1. The van der Waals surface area contributed by atoms with Crippen molar-refractivity contribution in [2.45, 2.75) is 117 Å². The molecule has 0 radical (unpaired) electrons. The van der Waals surface area contributed by atoms with Crippen LogP contribution in [0.4, 0.5) is 0 Å². The van der Waals surface area contributed by atoms with Crippen LogP contribution in [0.5, 0.6) is 0 Å². The number of aliphatic hydroxyl groups excluding tert-OH is 1. The van der Waals surface area contributed by atoms with Gasteiger partial charge in [-0.25, -0.2) is 0 Å². The van der Waals surface area contributed by atoms with Crippen LogP contribution in [-0.4, -0.2) is 34.4 Å². The first kappa shape index (κ1) is 23.5. The van der Waals surface area contributed by atoms with E-state index in [1.807, 2.05) is 0 Å². The fourth-order valence-electron chi connectivity index (χ4n) is 9.46. The van der Waals surface area contributed by atoms with Crippen LogP contribution in [0.15, 0.2) is 0 Å². The summed E-state index contributed by atoms with van der Waals surface area (Å²) >= 11 is 0. The number of fused-ring (bicyclic) bond motifs is 5. The van der Waals surface area contributed by atoms with Crippen LogP contribution in [-0.2, 0) is 4.79 Å². The predicted molar refractivity (Wildman–Crippen MR) is 125 cm³/mol. The topological polar surface area (TPSA) is 69.6 Å². The van der Waals surface area contributed by atoms with Gasteiger partial charge in [0.25, 0.3) is 0 Å². The molecule has 4 fully saturated rings. The second-order valence-corrected chi connectivity index (χ2v) is 12.7. The average molecular weight is 434 g/mol. The first-order chi connectivity index (χ1) is 14.6. The molecule has 4 nitrogen and oxygen atoms in total. The van der Waals surface area contributed by atoms with Crippen molar-refractivity contribution in [3.05, 3.63) is 0 Å². The van der Waals surface area contributed by atoms with Crippen molar-refractivity contribution < 1.29 is 15.0 Å². The van der Waals surface area contributed by atoms with Crippen LogP contribution in [0, 0.1) is 46.3 Å². The van der Waals surface area contributed by atoms with Crippen LogP contribution in [0.25, 0.3) is 0 Å². The highest BCUT2D eigenvalue weighted by Crippen LogP contribution is 2.68. The zero-order valence-electron chi connectivity index (χ0n) is 20.6. The fraction of sp³-hybridized carbons (Fsp3) is 0.963. The quantitative estimate of drug-likeness (QED) is 0.518. The molecule has 2 unspecified atom stereocenters. The molecule has 178 valence electrons. The minimum atomic E-state index is -0.649. The van der Waals surface area contributed by atoms with E-state index in [4.69, 9.17) is 0 Å². The summed E-state index contributed by atoms with van der Waals surface area (Å²) in [5.41, 5.74) is 0.724. The van der Waals surface area contributed by atoms with Crippen LogP contribution < -0.4 is 5.32 Å². The number of carbonyl (C=O) groups is 1. The molecule has 3 N–H and O–H groups in total. The Morgan fingerprint density at radius 1 is 0.968 bits per heavy atom. The fourth-order valence-corrected chi connectivity index (χ4v) is 9.46. The maximum absolute atomic E-state index is 11.2. The SMILES string of the molecule is CC(C)NC1C[C@@H]2[C@H](CC[C@]3(C)[C@@H]([C@H](C)CCC(=O)O)CC[C@@H]23)[C@@]2(C)CCC(O)C[C@@H]12. The Hall–Kier alpha value is -0.610. The number of aliphatic hydroxyl groups is 1. The van der Waals surface area contributed by atoms with Crippen molar-refractivity contribution in [1.82, 2.24) is 5.32 Å². The van der Waals surface area contributed by atoms with E-state index >= 15 is 0 Å². The third-order valence-corrected chi connectivity index (χ3v) is 10.8. The van der Waals surface area contributed by atoms with Gasteiger partial charge < -0.3 is 15.5 Å². The van der Waals surface area contributed by atoms with Crippen LogP contribution in [0.2, 0.25) is 0 Å². The number of hydrogen-bond donors (Lipinski definition) is 3. The Morgan fingerprint density at radius 3 is 2.32 bits per heavy atom. The second-order valence-electron chi connectivity index (χ2n) is 12.7. The number of hydrogen-bond acceptors (Lipinski definition) is 3. The minimum Gasteiger partial charge on any atom is -0.481 e. The van der Waals surface area contributed by atoms with Crippen LogP contribution >= 0.6 is 0 Å². The van der Waals surface area contributed by atoms with Gasteiger partial charge >= 0.3 is 5.97 Å². The third-order valence-electron chi connectivity index (χ3n) is 10.8. The molecule has 4 aliphatic rings. The lowest BCUT2D eigenvalue weighted by molar-refractivity contribution is -0.143. The summed E-state index contributed by atoms with van der Waals surface area (Å²) in [6, 6.07) is 0.999. The van der Waals surface area contributed by atoms with Crippen molar-refractivity contribution >= 4 is 5.97 Å². The number of aliphatic carboxylic acids is 1. The van der Waals surface area contributed by atoms with Crippen molar-refractivity contribution in [3.63, 3.8) is 0 Å². The van der Waals surface area contributed by atoms with Crippen molar-refractivity contribution in [1.29, 1.82) is 0 Å². The van der Waals surface area contributed by atoms with Gasteiger partial charge in [-0.2, -0.15) is 0 Å². The molecule has 0 saturated heterocycles. The molecule has 4 aliphatic carbocycles.